The van der Waals surface area contributed by atoms with Crippen molar-refractivity contribution in [3.63, 3.8) is 0 Å². The second-order valence-corrected chi connectivity index (χ2v) is 8.25. The molecule has 110 valence electrons. The zero-order valence-corrected chi connectivity index (χ0v) is 12.4. The molecule has 2 atom stereocenters. The Hall–Kier alpha value is -0.740. The van der Waals surface area contributed by atoms with Crippen molar-refractivity contribution in [2.24, 2.45) is 0 Å². The van der Waals surface area contributed by atoms with E-state index in [9.17, 15) is 13.7 Å². The van der Waals surface area contributed by atoms with Crippen molar-refractivity contribution in [3.05, 3.63) is 35.6 Å². The Labute approximate surface area is 121 Å². The maximum atomic E-state index is 12.9. The number of aliphatic hydroxyl groups is 1. The average molecular weight is 296 g/mol. The van der Waals surface area contributed by atoms with Gasteiger partial charge in [-0.2, -0.15) is 0 Å². The van der Waals surface area contributed by atoms with Crippen LogP contribution in [0.5, 0.6) is 0 Å². The van der Waals surface area contributed by atoms with E-state index in [-0.39, 0.29) is 16.3 Å². The van der Waals surface area contributed by atoms with Crippen molar-refractivity contribution in [3.8, 4) is 0 Å². The van der Waals surface area contributed by atoms with Crippen LogP contribution in [0.15, 0.2) is 24.3 Å². The second-order valence-electron chi connectivity index (χ2n) is 6.26. The van der Waals surface area contributed by atoms with Gasteiger partial charge in [-0.1, -0.05) is 18.6 Å². The molecule has 2 aliphatic heterocycles. The zero-order valence-electron chi connectivity index (χ0n) is 11.6. The number of hydrogen-bond acceptors (Lipinski definition) is 2. The third-order valence-electron chi connectivity index (χ3n) is 4.72. The summed E-state index contributed by atoms with van der Waals surface area (Å²) in [5.74, 6) is -0.227. The maximum absolute atomic E-state index is 12.9. The summed E-state index contributed by atoms with van der Waals surface area (Å²) < 4.78 is 25.0. The van der Waals surface area contributed by atoms with Gasteiger partial charge < -0.3 is 5.11 Å². The third kappa shape index (κ3) is 2.96. The molecule has 2 saturated heterocycles. The van der Waals surface area contributed by atoms with Crippen molar-refractivity contribution in [2.75, 3.05) is 0 Å². The zero-order chi connectivity index (χ0) is 14.2. The molecule has 2 fully saturated rings. The number of hydrogen-bond donors (Lipinski definition) is 1. The summed E-state index contributed by atoms with van der Waals surface area (Å²) in [6.45, 7) is 0. The smallest absolute Gasteiger partial charge is 0.123 e. The lowest BCUT2D eigenvalue weighted by molar-refractivity contribution is 0.00339. The number of rotatable bonds is 3. The summed E-state index contributed by atoms with van der Waals surface area (Å²) in [4.78, 5) is 0. The highest BCUT2D eigenvalue weighted by Gasteiger charge is 2.44. The van der Waals surface area contributed by atoms with Gasteiger partial charge >= 0.3 is 0 Å². The van der Waals surface area contributed by atoms with Crippen molar-refractivity contribution in [2.45, 2.75) is 61.0 Å². The summed E-state index contributed by atoms with van der Waals surface area (Å²) in [5.41, 5.74) is 0.370. The Morgan fingerprint density at radius 3 is 2.40 bits per heavy atom. The lowest BCUT2D eigenvalue weighted by atomic mass is 9.81. The monoisotopic (exact) mass is 296 g/mol. The van der Waals surface area contributed by atoms with Gasteiger partial charge in [-0.25, -0.2) is 4.39 Å². The number of halogens is 1. The van der Waals surface area contributed by atoms with Crippen LogP contribution in [0.25, 0.3) is 0 Å². The fraction of sp³-hybridized carbons (Fsp3) is 0.625. The molecule has 2 heterocycles. The van der Waals surface area contributed by atoms with Crippen LogP contribution in [0.1, 0.15) is 44.1 Å². The van der Waals surface area contributed by atoms with Crippen LogP contribution in [-0.4, -0.2) is 25.4 Å². The normalized spacial score (nSPS) is 36.8. The highest BCUT2D eigenvalue weighted by atomic mass is 32.2. The van der Waals surface area contributed by atoms with Gasteiger partial charge in [-0.05, 0) is 56.2 Å². The van der Waals surface area contributed by atoms with Crippen molar-refractivity contribution in [1.82, 2.24) is 0 Å². The maximum Gasteiger partial charge on any atom is 0.123 e. The second kappa shape index (κ2) is 5.57. The van der Waals surface area contributed by atoms with Gasteiger partial charge in [0.1, 0.15) is 5.82 Å². The van der Waals surface area contributed by atoms with E-state index in [1.165, 1.54) is 12.1 Å². The van der Waals surface area contributed by atoms with E-state index in [2.05, 4.69) is 0 Å². The number of aryl methyl sites for hydroxylation is 1. The molecule has 0 aliphatic carbocycles. The fourth-order valence-electron chi connectivity index (χ4n) is 3.61. The molecule has 0 saturated carbocycles. The minimum absolute atomic E-state index is 0.181. The molecule has 2 unspecified atom stereocenters. The molecule has 1 aromatic carbocycles. The molecule has 0 radical (unpaired) electrons. The largest absolute Gasteiger partial charge is 0.390 e. The molecule has 4 heteroatoms. The van der Waals surface area contributed by atoms with Crippen molar-refractivity contribution in [1.29, 1.82) is 0 Å². The topological polar surface area (TPSA) is 37.3 Å². The van der Waals surface area contributed by atoms with Crippen LogP contribution in [0.4, 0.5) is 4.39 Å². The molecule has 20 heavy (non-hydrogen) atoms. The quantitative estimate of drug-likeness (QED) is 0.931. The van der Waals surface area contributed by atoms with Crippen LogP contribution >= 0.6 is 0 Å². The molecule has 0 aromatic heterocycles. The van der Waals surface area contributed by atoms with Crippen molar-refractivity contribution >= 4 is 10.8 Å². The van der Waals surface area contributed by atoms with Crippen LogP contribution in [0.3, 0.4) is 0 Å². The lowest BCUT2D eigenvalue weighted by Gasteiger charge is -2.43. The Kier molecular flexibility index (Phi) is 3.95. The van der Waals surface area contributed by atoms with Gasteiger partial charge in [0.05, 0.1) is 5.60 Å². The summed E-state index contributed by atoms with van der Waals surface area (Å²) in [7, 11) is -0.743. The first-order valence-electron chi connectivity index (χ1n) is 7.42. The predicted octanol–water partition coefficient (Wildman–Crippen LogP) is 2.95. The highest BCUT2D eigenvalue weighted by molar-refractivity contribution is 7.86. The molecule has 0 spiro atoms. The fourth-order valence-corrected chi connectivity index (χ4v) is 5.90. The first kappa shape index (κ1) is 14.2. The number of benzene rings is 1. The molecule has 2 nitrogen and oxygen atoms in total. The predicted molar refractivity (Wildman–Crippen MR) is 78.5 cm³/mol. The van der Waals surface area contributed by atoms with Gasteiger partial charge in [0.25, 0.3) is 0 Å². The Bertz CT molecular complexity index is 484. The molecule has 0 amide bonds. The first-order chi connectivity index (χ1) is 9.56. The van der Waals surface area contributed by atoms with Crippen LogP contribution in [0, 0.1) is 5.82 Å². The van der Waals surface area contributed by atoms with E-state index in [4.69, 9.17) is 0 Å². The molecular formula is C16H21FO2S. The first-order valence-corrected chi connectivity index (χ1v) is 8.70. The van der Waals surface area contributed by atoms with E-state index in [1.807, 2.05) is 0 Å². The summed E-state index contributed by atoms with van der Waals surface area (Å²) >= 11 is 0. The van der Waals surface area contributed by atoms with Crippen LogP contribution in [-0.2, 0) is 17.2 Å². The highest BCUT2D eigenvalue weighted by Crippen LogP contribution is 2.41. The van der Waals surface area contributed by atoms with E-state index in [0.717, 1.165) is 31.2 Å². The van der Waals surface area contributed by atoms with Crippen molar-refractivity contribution < 1.29 is 13.7 Å². The molecule has 2 aliphatic rings. The lowest BCUT2D eigenvalue weighted by Crippen LogP contribution is -2.49. The van der Waals surface area contributed by atoms with Gasteiger partial charge in [0.15, 0.2) is 0 Å². The summed E-state index contributed by atoms with van der Waals surface area (Å²) in [6.07, 6.45) is 5.89. The average Bonchev–Trinajstić information content (AvgIpc) is 2.41. The van der Waals surface area contributed by atoms with Crippen LogP contribution in [0.2, 0.25) is 0 Å². The van der Waals surface area contributed by atoms with E-state index < -0.39 is 16.4 Å². The van der Waals surface area contributed by atoms with Gasteiger partial charge in [0.2, 0.25) is 0 Å². The van der Waals surface area contributed by atoms with E-state index in [1.54, 1.807) is 12.1 Å². The standard InChI is InChI=1S/C16H21FO2S/c17-13-6-4-12(5-7-13)8-9-16(18)10-14-2-1-3-15(11-16)20(14)19/h4-7,14-15,18H,1-3,8-11H2. The molecule has 3 rings (SSSR count). The van der Waals surface area contributed by atoms with Gasteiger partial charge in [-0.15, -0.1) is 0 Å². The van der Waals surface area contributed by atoms with Gasteiger partial charge in [0, 0.05) is 21.3 Å². The van der Waals surface area contributed by atoms with E-state index >= 15 is 0 Å². The Balaban J connectivity index is 1.64. The molecule has 2 bridgehead atoms. The minimum atomic E-state index is -0.743. The van der Waals surface area contributed by atoms with E-state index in [0.29, 0.717) is 19.3 Å². The number of fused-ring (bicyclic) bond motifs is 2. The van der Waals surface area contributed by atoms with Crippen LogP contribution < -0.4 is 0 Å². The Morgan fingerprint density at radius 1 is 1.20 bits per heavy atom. The third-order valence-corrected chi connectivity index (χ3v) is 6.84. The molecular weight excluding hydrogens is 275 g/mol. The molecule has 1 aromatic rings. The minimum Gasteiger partial charge on any atom is -0.390 e. The molecule has 1 N–H and O–H groups in total. The SMILES string of the molecule is O=S1C2CCCC1CC(O)(CCc1ccc(F)cc1)C2. The summed E-state index contributed by atoms with van der Waals surface area (Å²) in [5, 5.41) is 11.2. The summed E-state index contributed by atoms with van der Waals surface area (Å²) in [6, 6.07) is 6.48. The van der Waals surface area contributed by atoms with Gasteiger partial charge in [-0.3, -0.25) is 4.21 Å². The Morgan fingerprint density at radius 2 is 1.80 bits per heavy atom.